The lowest BCUT2D eigenvalue weighted by atomic mass is 10.2. The highest BCUT2D eigenvalue weighted by Gasteiger charge is 2.21. The molecule has 2 aromatic heterocycles. The predicted molar refractivity (Wildman–Crippen MR) is 96.6 cm³/mol. The first-order chi connectivity index (χ1) is 11.5. The van der Waals surface area contributed by atoms with Crippen LogP contribution in [0.5, 0.6) is 0 Å². The molecule has 1 aliphatic heterocycles. The third-order valence-electron chi connectivity index (χ3n) is 4.30. The van der Waals surface area contributed by atoms with Crippen LogP contribution in [0.15, 0.2) is 15.6 Å². The summed E-state index contributed by atoms with van der Waals surface area (Å²) >= 11 is 2.87. The van der Waals surface area contributed by atoms with E-state index >= 15 is 0 Å². The molecule has 1 fully saturated rings. The summed E-state index contributed by atoms with van der Waals surface area (Å²) < 4.78 is 1.68. The Hall–Kier alpha value is -1.51. The molecule has 1 amide bonds. The largest absolute Gasteiger partial charge is 0.340 e. The molecule has 6 nitrogen and oxygen atoms in total. The number of hydrogen-bond donors (Lipinski definition) is 0. The first kappa shape index (κ1) is 17.3. The highest BCUT2D eigenvalue weighted by Crippen LogP contribution is 2.13. The summed E-state index contributed by atoms with van der Waals surface area (Å²) in [6.45, 7) is 8.51. The molecule has 3 heterocycles. The monoisotopic (exact) mass is 366 g/mol. The Morgan fingerprint density at radius 2 is 1.92 bits per heavy atom. The lowest BCUT2D eigenvalue weighted by molar-refractivity contribution is -0.133. The van der Waals surface area contributed by atoms with Crippen molar-refractivity contribution in [2.45, 2.75) is 33.4 Å². The van der Waals surface area contributed by atoms with Crippen molar-refractivity contribution in [1.82, 2.24) is 19.4 Å². The van der Waals surface area contributed by atoms with Crippen molar-refractivity contribution < 1.29 is 4.79 Å². The Morgan fingerprint density at radius 1 is 1.17 bits per heavy atom. The van der Waals surface area contributed by atoms with Gasteiger partial charge in [0.2, 0.25) is 5.91 Å². The molecule has 0 aliphatic carbocycles. The van der Waals surface area contributed by atoms with Crippen LogP contribution in [0, 0.1) is 13.8 Å². The van der Waals surface area contributed by atoms with Gasteiger partial charge in [0.05, 0.1) is 10.7 Å². The van der Waals surface area contributed by atoms with E-state index in [9.17, 15) is 9.59 Å². The van der Waals surface area contributed by atoms with Gasteiger partial charge in [0.15, 0.2) is 0 Å². The second-order valence-corrected chi connectivity index (χ2v) is 7.94. The van der Waals surface area contributed by atoms with Crippen molar-refractivity contribution in [2.24, 2.45) is 0 Å². The van der Waals surface area contributed by atoms with Crippen LogP contribution in [0.4, 0.5) is 0 Å². The Labute approximate surface area is 149 Å². The number of aromatic nitrogens is 2. The van der Waals surface area contributed by atoms with E-state index in [0.29, 0.717) is 13.0 Å². The quantitative estimate of drug-likeness (QED) is 0.808. The zero-order valence-electron chi connectivity index (χ0n) is 14.0. The molecular weight excluding hydrogens is 344 g/mol. The van der Waals surface area contributed by atoms with Gasteiger partial charge >= 0.3 is 4.87 Å². The van der Waals surface area contributed by atoms with E-state index < -0.39 is 0 Å². The minimum Gasteiger partial charge on any atom is -0.340 e. The fourth-order valence-corrected chi connectivity index (χ4v) is 4.27. The summed E-state index contributed by atoms with van der Waals surface area (Å²) in [6.07, 6.45) is 0.392. The van der Waals surface area contributed by atoms with Crippen LogP contribution < -0.4 is 4.87 Å². The molecule has 0 unspecified atom stereocenters. The topological polar surface area (TPSA) is 58.4 Å². The van der Waals surface area contributed by atoms with Gasteiger partial charge in [-0.05, 0) is 13.8 Å². The Kier molecular flexibility index (Phi) is 5.47. The average Bonchev–Trinajstić information content (AvgIpc) is 3.12. The maximum absolute atomic E-state index is 12.4. The van der Waals surface area contributed by atoms with Crippen LogP contribution in [0.2, 0.25) is 0 Å². The summed E-state index contributed by atoms with van der Waals surface area (Å²) in [4.78, 5) is 32.8. The molecule has 0 radical (unpaired) electrons. The highest BCUT2D eigenvalue weighted by atomic mass is 32.1. The number of nitrogens with zero attached hydrogens (tertiary/aromatic N) is 4. The summed E-state index contributed by atoms with van der Waals surface area (Å²) in [7, 11) is 0. The molecule has 130 valence electrons. The molecular formula is C16H22N4O2S2. The molecule has 0 atom stereocenters. The van der Waals surface area contributed by atoms with Crippen molar-refractivity contribution in [3.63, 3.8) is 0 Å². The molecule has 0 saturated carbocycles. The van der Waals surface area contributed by atoms with Crippen molar-refractivity contribution in [2.75, 3.05) is 26.2 Å². The van der Waals surface area contributed by atoms with Crippen molar-refractivity contribution in [3.8, 4) is 0 Å². The van der Waals surface area contributed by atoms with Crippen LogP contribution in [0.1, 0.15) is 22.8 Å². The normalized spacial score (nSPS) is 15.8. The Morgan fingerprint density at radius 3 is 2.50 bits per heavy atom. The molecule has 1 aliphatic rings. The number of thiazole rings is 2. The smallest absolute Gasteiger partial charge is 0.307 e. The van der Waals surface area contributed by atoms with E-state index in [1.165, 1.54) is 11.3 Å². The van der Waals surface area contributed by atoms with Crippen LogP contribution in [-0.4, -0.2) is 51.4 Å². The first-order valence-electron chi connectivity index (χ1n) is 8.09. The van der Waals surface area contributed by atoms with Gasteiger partial charge in [0, 0.05) is 62.1 Å². The predicted octanol–water partition coefficient (Wildman–Crippen LogP) is 1.72. The lowest BCUT2D eigenvalue weighted by Crippen LogP contribution is -2.48. The van der Waals surface area contributed by atoms with E-state index in [2.05, 4.69) is 15.3 Å². The zero-order chi connectivity index (χ0) is 17.1. The van der Waals surface area contributed by atoms with Gasteiger partial charge < -0.3 is 9.47 Å². The Bertz CT molecular complexity index is 756. The van der Waals surface area contributed by atoms with E-state index in [1.54, 1.807) is 15.9 Å². The maximum atomic E-state index is 12.4. The molecule has 0 N–H and O–H groups in total. The van der Waals surface area contributed by atoms with Crippen LogP contribution in [0.25, 0.3) is 0 Å². The van der Waals surface area contributed by atoms with Gasteiger partial charge in [-0.3, -0.25) is 14.5 Å². The van der Waals surface area contributed by atoms with E-state index in [-0.39, 0.29) is 10.8 Å². The summed E-state index contributed by atoms with van der Waals surface area (Å²) in [5, 5.41) is 5.04. The van der Waals surface area contributed by atoms with Crippen LogP contribution in [-0.2, 0) is 17.9 Å². The van der Waals surface area contributed by atoms with E-state index in [1.807, 2.05) is 24.1 Å². The first-order valence-corrected chi connectivity index (χ1v) is 9.85. The molecule has 0 bridgehead atoms. The standard InChI is InChI=1S/C16H22N4O2S2/c1-12-10-24-16(22)20(12)4-3-15(21)19-7-5-18(6-8-19)9-14-11-23-13(2)17-14/h10-11H,3-9H2,1-2H3. The van der Waals surface area contributed by atoms with E-state index in [4.69, 9.17) is 0 Å². The molecule has 3 rings (SSSR count). The number of hydrogen-bond acceptors (Lipinski definition) is 6. The van der Waals surface area contributed by atoms with Gasteiger partial charge in [-0.25, -0.2) is 4.98 Å². The van der Waals surface area contributed by atoms with Crippen LogP contribution in [0.3, 0.4) is 0 Å². The number of amides is 1. The minimum absolute atomic E-state index is 0.0173. The average molecular weight is 367 g/mol. The van der Waals surface area contributed by atoms with Gasteiger partial charge in [-0.1, -0.05) is 11.3 Å². The number of aryl methyl sites for hydroxylation is 2. The number of rotatable bonds is 5. The fraction of sp³-hybridized carbons (Fsp3) is 0.562. The van der Waals surface area contributed by atoms with E-state index in [0.717, 1.165) is 49.1 Å². The summed E-state index contributed by atoms with van der Waals surface area (Å²) in [5.41, 5.74) is 2.05. The maximum Gasteiger partial charge on any atom is 0.307 e. The van der Waals surface area contributed by atoms with Crippen molar-refractivity contribution >= 4 is 28.6 Å². The highest BCUT2D eigenvalue weighted by molar-refractivity contribution is 7.09. The molecule has 24 heavy (non-hydrogen) atoms. The molecule has 8 heteroatoms. The molecule has 0 spiro atoms. The van der Waals surface area contributed by atoms with Gasteiger partial charge in [-0.2, -0.15) is 0 Å². The number of piperazine rings is 1. The lowest BCUT2D eigenvalue weighted by Gasteiger charge is -2.34. The van der Waals surface area contributed by atoms with Gasteiger partial charge in [0.25, 0.3) is 0 Å². The number of carbonyl (C=O) groups excluding carboxylic acids is 1. The van der Waals surface area contributed by atoms with Gasteiger partial charge in [0.1, 0.15) is 0 Å². The second-order valence-electron chi connectivity index (χ2n) is 6.06. The Balaban J connectivity index is 1.46. The fourth-order valence-electron chi connectivity index (χ4n) is 2.91. The van der Waals surface area contributed by atoms with Crippen LogP contribution >= 0.6 is 22.7 Å². The summed E-state index contributed by atoms with van der Waals surface area (Å²) in [5.74, 6) is 0.136. The third kappa shape index (κ3) is 4.12. The SMILES string of the molecule is Cc1nc(CN2CCN(C(=O)CCn3c(C)csc3=O)CC2)cs1. The second kappa shape index (κ2) is 7.58. The molecule has 0 aromatic carbocycles. The third-order valence-corrected chi connectivity index (χ3v) is 6.01. The number of carbonyl (C=O) groups is 1. The molecule has 2 aromatic rings. The minimum atomic E-state index is 0.0173. The zero-order valence-corrected chi connectivity index (χ0v) is 15.7. The van der Waals surface area contributed by atoms with Crippen molar-refractivity contribution in [3.05, 3.63) is 36.8 Å². The van der Waals surface area contributed by atoms with Crippen molar-refractivity contribution in [1.29, 1.82) is 0 Å². The summed E-state index contributed by atoms with van der Waals surface area (Å²) in [6, 6.07) is 0. The van der Waals surface area contributed by atoms with Gasteiger partial charge in [-0.15, -0.1) is 11.3 Å². The molecule has 1 saturated heterocycles.